The summed E-state index contributed by atoms with van der Waals surface area (Å²) in [6.45, 7) is 0. The Morgan fingerprint density at radius 2 is 1.64 bits per heavy atom. The van der Waals surface area contributed by atoms with Crippen LogP contribution in [-0.4, -0.2) is 19.2 Å². The number of pyridine rings is 1. The fourth-order valence-corrected chi connectivity index (χ4v) is 0.847. The van der Waals surface area contributed by atoms with Crippen molar-refractivity contribution in [2.45, 2.75) is 0 Å². The summed E-state index contributed by atoms with van der Waals surface area (Å²) in [6, 6.07) is 3.23. The Bertz CT molecular complexity index is 230. The predicted octanol–water partition coefficient (Wildman–Crippen LogP) is 1.75. The van der Waals surface area contributed by atoms with Crippen molar-refractivity contribution in [2.24, 2.45) is 0 Å². The van der Waals surface area contributed by atoms with Crippen LogP contribution in [0.5, 0.6) is 11.8 Å². The third-order valence-corrected chi connectivity index (χ3v) is 1.38. The van der Waals surface area contributed by atoms with E-state index in [9.17, 15) is 0 Å². The predicted molar refractivity (Wildman–Crippen MR) is 42.4 cm³/mol. The minimum Gasteiger partial charge on any atom is -0.481 e. The largest absolute Gasteiger partial charge is 0.481 e. The van der Waals surface area contributed by atoms with Crippen LogP contribution in [0.15, 0.2) is 12.1 Å². The van der Waals surface area contributed by atoms with Crippen molar-refractivity contribution in [1.82, 2.24) is 4.98 Å². The second kappa shape index (κ2) is 3.44. The molecule has 60 valence electrons. The van der Waals surface area contributed by atoms with Gasteiger partial charge in [0.1, 0.15) is 0 Å². The molecule has 0 atom stereocenters. The SMILES string of the molecule is COc1cc(Cl)cc(OC)n1. The first-order valence-electron chi connectivity index (χ1n) is 3.02. The van der Waals surface area contributed by atoms with Gasteiger partial charge in [-0.1, -0.05) is 11.6 Å². The van der Waals surface area contributed by atoms with Gasteiger partial charge in [-0.15, -0.1) is 0 Å². The quantitative estimate of drug-likeness (QED) is 0.683. The lowest BCUT2D eigenvalue weighted by Crippen LogP contribution is -1.91. The second-order valence-corrected chi connectivity index (χ2v) is 2.31. The van der Waals surface area contributed by atoms with E-state index in [-0.39, 0.29) is 0 Å². The molecule has 11 heavy (non-hydrogen) atoms. The van der Waals surface area contributed by atoms with E-state index in [0.29, 0.717) is 16.8 Å². The topological polar surface area (TPSA) is 31.4 Å². The second-order valence-electron chi connectivity index (χ2n) is 1.87. The van der Waals surface area contributed by atoms with Gasteiger partial charge in [0.25, 0.3) is 0 Å². The van der Waals surface area contributed by atoms with E-state index in [1.165, 1.54) is 14.2 Å². The van der Waals surface area contributed by atoms with Crippen LogP contribution in [-0.2, 0) is 0 Å². The zero-order valence-electron chi connectivity index (χ0n) is 6.30. The molecule has 0 aromatic carbocycles. The Labute approximate surface area is 69.9 Å². The van der Waals surface area contributed by atoms with Crippen molar-refractivity contribution in [3.63, 3.8) is 0 Å². The number of aromatic nitrogens is 1. The average molecular weight is 174 g/mol. The van der Waals surface area contributed by atoms with Crippen LogP contribution in [0.25, 0.3) is 0 Å². The maximum Gasteiger partial charge on any atom is 0.217 e. The van der Waals surface area contributed by atoms with Gasteiger partial charge in [0.15, 0.2) is 0 Å². The van der Waals surface area contributed by atoms with E-state index in [4.69, 9.17) is 21.1 Å². The molecule has 1 rings (SSSR count). The van der Waals surface area contributed by atoms with Crippen molar-refractivity contribution < 1.29 is 9.47 Å². The third-order valence-electron chi connectivity index (χ3n) is 1.16. The van der Waals surface area contributed by atoms with E-state index >= 15 is 0 Å². The van der Waals surface area contributed by atoms with Gasteiger partial charge in [-0.25, -0.2) is 0 Å². The van der Waals surface area contributed by atoms with Crippen molar-refractivity contribution in [1.29, 1.82) is 0 Å². The van der Waals surface area contributed by atoms with E-state index in [0.717, 1.165) is 0 Å². The lowest BCUT2D eigenvalue weighted by atomic mass is 10.5. The Morgan fingerprint density at radius 1 is 1.18 bits per heavy atom. The maximum atomic E-state index is 5.71. The molecule has 0 unspecified atom stereocenters. The molecule has 0 aliphatic heterocycles. The van der Waals surface area contributed by atoms with E-state index in [2.05, 4.69) is 4.98 Å². The number of nitrogens with zero attached hydrogens (tertiary/aromatic N) is 1. The van der Waals surface area contributed by atoms with Crippen molar-refractivity contribution in [3.05, 3.63) is 17.2 Å². The summed E-state index contributed by atoms with van der Waals surface area (Å²) in [5, 5.41) is 0.550. The van der Waals surface area contributed by atoms with Gasteiger partial charge < -0.3 is 9.47 Å². The number of hydrogen-bond acceptors (Lipinski definition) is 3. The fraction of sp³-hybridized carbons (Fsp3) is 0.286. The Morgan fingerprint density at radius 3 is 2.00 bits per heavy atom. The van der Waals surface area contributed by atoms with Crippen molar-refractivity contribution in [3.8, 4) is 11.8 Å². The zero-order valence-corrected chi connectivity index (χ0v) is 7.05. The molecule has 0 saturated carbocycles. The molecule has 0 saturated heterocycles. The molecule has 1 heterocycles. The Kier molecular flexibility index (Phi) is 2.54. The van der Waals surface area contributed by atoms with Gasteiger partial charge in [-0.3, -0.25) is 0 Å². The first kappa shape index (κ1) is 8.14. The number of rotatable bonds is 2. The summed E-state index contributed by atoms with van der Waals surface area (Å²) in [7, 11) is 3.05. The molecular weight excluding hydrogens is 166 g/mol. The summed E-state index contributed by atoms with van der Waals surface area (Å²) >= 11 is 5.71. The minimum absolute atomic E-state index is 0.453. The summed E-state index contributed by atoms with van der Waals surface area (Å²) in [4.78, 5) is 3.94. The van der Waals surface area contributed by atoms with Gasteiger partial charge in [0.2, 0.25) is 11.8 Å². The van der Waals surface area contributed by atoms with Crippen LogP contribution in [0.3, 0.4) is 0 Å². The number of methoxy groups -OCH3 is 2. The van der Waals surface area contributed by atoms with Crippen molar-refractivity contribution in [2.75, 3.05) is 14.2 Å². The van der Waals surface area contributed by atoms with Crippen LogP contribution in [0.4, 0.5) is 0 Å². The highest BCUT2D eigenvalue weighted by Gasteiger charge is 1.99. The molecular formula is C7H8ClNO2. The molecule has 4 heteroatoms. The Balaban J connectivity index is 3.02. The monoisotopic (exact) mass is 173 g/mol. The number of ether oxygens (including phenoxy) is 2. The molecule has 1 aromatic heterocycles. The van der Waals surface area contributed by atoms with Crippen molar-refractivity contribution >= 4 is 11.6 Å². The highest BCUT2D eigenvalue weighted by atomic mass is 35.5. The maximum absolute atomic E-state index is 5.71. The third kappa shape index (κ3) is 1.98. The molecule has 1 aromatic rings. The minimum atomic E-state index is 0.453. The highest BCUT2D eigenvalue weighted by Crippen LogP contribution is 2.20. The average Bonchev–Trinajstić information content (AvgIpc) is 2.03. The van der Waals surface area contributed by atoms with E-state index in [1.54, 1.807) is 12.1 Å². The van der Waals surface area contributed by atoms with Crippen LogP contribution >= 0.6 is 11.6 Å². The first-order valence-corrected chi connectivity index (χ1v) is 3.39. The molecule has 0 N–H and O–H groups in total. The van der Waals surface area contributed by atoms with Gasteiger partial charge in [0.05, 0.1) is 19.2 Å². The van der Waals surface area contributed by atoms with E-state index in [1.807, 2.05) is 0 Å². The fourth-order valence-electron chi connectivity index (χ4n) is 0.660. The van der Waals surface area contributed by atoms with Gasteiger partial charge in [-0.05, 0) is 0 Å². The van der Waals surface area contributed by atoms with Gasteiger partial charge in [-0.2, -0.15) is 4.98 Å². The standard InChI is InChI=1S/C7H8ClNO2/c1-10-6-3-5(8)4-7(9-6)11-2/h3-4H,1-2H3. The summed E-state index contributed by atoms with van der Waals surface area (Å²) < 4.78 is 9.72. The lowest BCUT2D eigenvalue weighted by Gasteiger charge is -2.02. The summed E-state index contributed by atoms with van der Waals surface area (Å²) in [6.07, 6.45) is 0. The summed E-state index contributed by atoms with van der Waals surface area (Å²) in [5.41, 5.74) is 0. The molecule has 0 aliphatic rings. The molecule has 3 nitrogen and oxygen atoms in total. The molecule has 0 radical (unpaired) electrons. The molecule has 0 bridgehead atoms. The molecule has 0 amide bonds. The number of halogens is 1. The van der Waals surface area contributed by atoms with Crippen LogP contribution in [0.2, 0.25) is 5.02 Å². The van der Waals surface area contributed by atoms with Gasteiger partial charge in [0, 0.05) is 12.1 Å². The first-order chi connectivity index (χ1) is 5.26. The molecule has 0 spiro atoms. The Hall–Kier alpha value is -0.960. The summed E-state index contributed by atoms with van der Waals surface area (Å²) in [5.74, 6) is 0.906. The number of hydrogen-bond donors (Lipinski definition) is 0. The molecule has 0 fully saturated rings. The van der Waals surface area contributed by atoms with Crippen LogP contribution < -0.4 is 9.47 Å². The highest BCUT2D eigenvalue weighted by molar-refractivity contribution is 6.30. The van der Waals surface area contributed by atoms with Crippen LogP contribution in [0.1, 0.15) is 0 Å². The smallest absolute Gasteiger partial charge is 0.217 e. The van der Waals surface area contributed by atoms with Gasteiger partial charge >= 0.3 is 0 Å². The lowest BCUT2D eigenvalue weighted by molar-refractivity contribution is 0.364. The zero-order chi connectivity index (χ0) is 8.27. The van der Waals surface area contributed by atoms with Crippen LogP contribution in [0, 0.1) is 0 Å². The normalized spacial score (nSPS) is 9.36. The molecule has 0 aliphatic carbocycles. The van der Waals surface area contributed by atoms with E-state index < -0.39 is 0 Å².